The molecule has 1 fully saturated rings. The van der Waals surface area contributed by atoms with Crippen LogP contribution in [0.5, 0.6) is 0 Å². The number of hydrogen-bond acceptors (Lipinski definition) is 5. The van der Waals surface area contributed by atoms with Crippen LogP contribution in [0.4, 0.5) is 0 Å². The molecule has 2 rings (SSSR count). The lowest BCUT2D eigenvalue weighted by Gasteiger charge is -2.15. The number of sulfone groups is 1. The standard InChI is InChI=1S/C8H12N2O2S2/c9-8(7-3-10-13-4-7)6-1-2-14(11,12)5-6/h3-4,6,8H,1-2,5,9H2. The van der Waals surface area contributed by atoms with Crippen LogP contribution in [-0.2, 0) is 9.84 Å². The predicted octanol–water partition coefficient (Wildman–Crippen LogP) is 0.578. The summed E-state index contributed by atoms with van der Waals surface area (Å²) in [5.41, 5.74) is 6.92. The summed E-state index contributed by atoms with van der Waals surface area (Å²) in [6, 6.07) is -0.175. The lowest BCUT2D eigenvalue weighted by atomic mass is 9.96. The Morgan fingerprint density at radius 3 is 2.93 bits per heavy atom. The van der Waals surface area contributed by atoms with Gasteiger partial charge in [0.15, 0.2) is 9.84 Å². The second kappa shape index (κ2) is 3.60. The third-order valence-corrected chi connectivity index (χ3v) is 5.01. The third kappa shape index (κ3) is 1.97. The maximum atomic E-state index is 11.2. The molecule has 1 aromatic rings. The van der Waals surface area contributed by atoms with Crippen LogP contribution in [0.1, 0.15) is 18.0 Å². The molecule has 1 aromatic heterocycles. The summed E-state index contributed by atoms with van der Waals surface area (Å²) in [6.45, 7) is 0. The van der Waals surface area contributed by atoms with Gasteiger partial charge >= 0.3 is 0 Å². The average Bonchev–Trinajstić information content (AvgIpc) is 2.72. The van der Waals surface area contributed by atoms with Crippen molar-refractivity contribution in [3.8, 4) is 0 Å². The summed E-state index contributed by atoms with van der Waals surface area (Å²) in [5, 5.41) is 1.88. The minimum Gasteiger partial charge on any atom is -0.324 e. The van der Waals surface area contributed by atoms with Crippen LogP contribution in [0, 0.1) is 5.92 Å². The molecule has 0 amide bonds. The summed E-state index contributed by atoms with van der Waals surface area (Å²) in [4.78, 5) is 0. The van der Waals surface area contributed by atoms with E-state index in [1.807, 2.05) is 5.38 Å². The van der Waals surface area contributed by atoms with Gasteiger partial charge in [-0.15, -0.1) is 0 Å². The van der Waals surface area contributed by atoms with E-state index in [0.29, 0.717) is 6.42 Å². The highest BCUT2D eigenvalue weighted by Crippen LogP contribution is 2.29. The molecule has 1 aliphatic heterocycles. The van der Waals surface area contributed by atoms with Crippen LogP contribution in [0.3, 0.4) is 0 Å². The second-order valence-corrected chi connectivity index (χ2v) is 6.53. The predicted molar refractivity (Wildman–Crippen MR) is 55.8 cm³/mol. The summed E-state index contributed by atoms with van der Waals surface area (Å²) in [7, 11) is -2.83. The Bertz CT molecular complexity index is 399. The highest BCUT2D eigenvalue weighted by Gasteiger charge is 2.32. The normalized spacial score (nSPS) is 27.6. The van der Waals surface area contributed by atoms with Crippen molar-refractivity contribution in [1.29, 1.82) is 0 Å². The van der Waals surface area contributed by atoms with E-state index in [9.17, 15) is 8.42 Å². The molecule has 6 heteroatoms. The molecule has 0 radical (unpaired) electrons. The van der Waals surface area contributed by atoms with E-state index in [1.54, 1.807) is 6.20 Å². The van der Waals surface area contributed by atoms with Crippen LogP contribution < -0.4 is 5.73 Å². The Hall–Kier alpha value is -0.460. The molecule has 2 atom stereocenters. The van der Waals surface area contributed by atoms with Crippen molar-refractivity contribution in [1.82, 2.24) is 4.37 Å². The SMILES string of the molecule is NC(c1cnsc1)C1CCS(=O)(=O)C1. The molecule has 78 valence electrons. The molecule has 0 aliphatic carbocycles. The lowest BCUT2D eigenvalue weighted by Crippen LogP contribution is -2.21. The molecule has 0 bridgehead atoms. The van der Waals surface area contributed by atoms with E-state index < -0.39 is 9.84 Å². The molecule has 2 heterocycles. The van der Waals surface area contributed by atoms with Gasteiger partial charge in [0.2, 0.25) is 0 Å². The Morgan fingerprint density at radius 2 is 2.43 bits per heavy atom. The van der Waals surface area contributed by atoms with Crippen molar-refractivity contribution in [2.24, 2.45) is 11.7 Å². The van der Waals surface area contributed by atoms with Crippen molar-refractivity contribution in [2.45, 2.75) is 12.5 Å². The first-order valence-electron chi connectivity index (χ1n) is 4.44. The van der Waals surface area contributed by atoms with Crippen LogP contribution in [0.25, 0.3) is 0 Å². The Balaban J connectivity index is 2.11. The van der Waals surface area contributed by atoms with Crippen molar-refractivity contribution < 1.29 is 8.42 Å². The Labute approximate surface area is 87.2 Å². The third-order valence-electron chi connectivity index (χ3n) is 2.61. The van der Waals surface area contributed by atoms with Gasteiger partial charge in [-0.25, -0.2) is 12.8 Å². The summed E-state index contributed by atoms with van der Waals surface area (Å²) >= 11 is 1.35. The van der Waals surface area contributed by atoms with Crippen molar-refractivity contribution in [2.75, 3.05) is 11.5 Å². The molecule has 2 N–H and O–H groups in total. The van der Waals surface area contributed by atoms with Crippen LogP contribution in [0.2, 0.25) is 0 Å². The van der Waals surface area contributed by atoms with Gasteiger partial charge in [0.1, 0.15) is 0 Å². The monoisotopic (exact) mass is 232 g/mol. The zero-order valence-corrected chi connectivity index (χ0v) is 9.22. The molecular formula is C8H12N2O2S2. The zero-order chi connectivity index (χ0) is 10.2. The Kier molecular flexibility index (Phi) is 2.59. The van der Waals surface area contributed by atoms with Gasteiger partial charge in [-0.2, -0.15) is 0 Å². The van der Waals surface area contributed by atoms with Gasteiger partial charge in [-0.05, 0) is 29.4 Å². The van der Waals surface area contributed by atoms with Crippen LogP contribution in [0.15, 0.2) is 11.6 Å². The average molecular weight is 232 g/mol. The van der Waals surface area contributed by atoms with E-state index in [0.717, 1.165) is 5.56 Å². The Morgan fingerprint density at radius 1 is 1.64 bits per heavy atom. The van der Waals surface area contributed by atoms with E-state index in [4.69, 9.17) is 5.73 Å². The molecule has 2 unspecified atom stereocenters. The van der Waals surface area contributed by atoms with Gasteiger partial charge < -0.3 is 5.73 Å². The quantitative estimate of drug-likeness (QED) is 0.809. The lowest BCUT2D eigenvalue weighted by molar-refractivity contribution is 0.480. The molecule has 0 aromatic carbocycles. The highest BCUT2D eigenvalue weighted by molar-refractivity contribution is 7.91. The number of nitrogens with zero attached hydrogens (tertiary/aromatic N) is 1. The first kappa shape index (κ1) is 10.1. The van der Waals surface area contributed by atoms with E-state index in [2.05, 4.69) is 4.37 Å². The summed E-state index contributed by atoms with van der Waals surface area (Å²) in [6.07, 6.45) is 2.40. The maximum Gasteiger partial charge on any atom is 0.150 e. The van der Waals surface area contributed by atoms with Crippen molar-refractivity contribution in [3.63, 3.8) is 0 Å². The van der Waals surface area contributed by atoms with Gasteiger partial charge in [0.25, 0.3) is 0 Å². The smallest absolute Gasteiger partial charge is 0.150 e. The van der Waals surface area contributed by atoms with Crippen molar-refractivity contribution in [3.05, 3.63) is 17.1 Å². The molecular weight excluding hydrogens is 220 g/mol. The second-order valence-electron chi connectivity index (χ2n) is 3.65. The minimum absolute atomic E-state index is 0.0661. The molecule has 4 nitrogen and oxygen atoms in total. The summed E-state index contributed by atoms with van der Waals surface area (Å²) < 4.78 is 26.5. The molecule has 1 saturated heterocycles. The van der Waals surface area contributed by atoms with E-state index in [-0.39, 0.29) is 23.5 Å². The minimum atomic E-state index is -2.83. The topological polar surface area (TPSA) is 73.0 Å². The van der Waals surface area contributed by atoms with E-state index >= 15 is 0 Å². The van der Waals surface area contributed by atoms with Gasteiger partial charge in [-0.1, -0.05) is 0 Å². The molecule has 0 spiro atoms. The van der Waals surface area contributed by atoms with Gasteiger partial charge in [0.05, 0.1) is 11.5 Å². The number of nitrogens with two attached hydrogens (primary N) is 1. The first-order chi connectivity index (χ1) is 6.58. The molecule has 0 saturated carbocycles. The number of rotatable bonds is 2. The number of aromatic nitrogens is 1. The maximum absolute atomic E-state index is 11.2. The summed E-state index contributed by atoms with van der Waals surface area (Å²) in [5.74, 6) is 0.573. The van der Waals surface area contributed by atoms with Crippen LogP contribution >= 0.6 is 11.5 Å². The number of hydrogen-bond donors (Lipinski definition) is 1. The molecule has 1 aliphatic rings. The molecule has 14 heavy (non-hydrogen) atoms. The fourth-order valence-electron chi connectivity index (χ4n) is 1.76. The zero-order valence-electron chi connectivity index (χ0n) is 7.59. The van der Waals surface area contributed by atoms with Crippen molar-refractivity contribution >= 4 is 21.4 Å². The van der Waals surface area contributed by atoms with E-state index in [1.165, 1.54) is 11.5 Å². The largest absolute Gasteiger partial charge is 0.324 e. The van der Waals surface area contributed by atoms with Gasteiger partial charge in [0, 0.05) is 17.6 Å². The fourth-order valence-corrected chi connectivity index (χ4v) is 4.19. The first-order valence-corrected chi connectivity index (χ1v) is 7.09. The van der Waals surface area contributed by atoms with Crippen LogP contribution in [-0.4, -0.2) is 24.3 Å². The van der Waals surface area contributed by atoms with Gasteiger partial charge in [-0.3, -0.25) is 0 Å². The fraction of sp³-hybridized carbons (Fsp3) is 0.625. The highest BCUT2D eigenvalue weighted by atomic mass is 32.2.